The molecule has 0 saturated carbocycles. The fourth-order valence-corrected chi connectivity index (χ4v) is 5.74. The molecular formula is C10H9ClO4S3. The van der Waals surface area contributed by atoms with Gasteiger partial charge in [0.15, 0.2) is 0 Å². The van der Waals surface area contributed by atoms with Gasteiger partial charge in [0.1, 0.15) is 4.29 Å². The van der Waals surface area contributed by atoms with E-state index in [2.05, 4.69) is 4.29 Å². The van der Waals surface area contributed by atoms with Crippen molar-refractivity contribution in [3.8, 4) is 0 Å². The highest BCUT2D eigenvalue weighted by molar-refractivity contribution is 8.39. The molecule has 1 unspecified atom stereocenters. The molecule has 1 aromatic carbocycles. The summed E-state index contributed by atoms with van der Waals surface area (Å²) < 4.78 is 35.6. The third-order valence-corrected chi connectivity index (χ3v) is 7.18. The van der Waals surface area contributed by atoms with Gasteiger partial charge in [-0.05, 0) is 17.2 Å². The van der Waals surface area contributed by atoms with Gasteiger partial charge in [-0.15, -0.1) is 0 Å². The summed E-state index contributed by atoms with van der Waals surface area (Å²) in [5, 5.41) is 1.80. The van der Waals surface area contributed by atoms with Crippen LogP contribution in [-0.4, -0.2) is 9.85 Å². The molecule has 1 atom stereocenters. The van der Waals surface area contributed by atoms with E-state index in [0.717, 1.165) is 10.5 Å². The van der Waals surface area contributed by atoms with Gasteiger partial charge in [0, 0.05) is 4.91 Å². The van der Waals surface area contributed by atoms with Crippen LogP contribution in [0.5, 0.6) is 0 Å². The van der Waals surface area contributed by atoms with Gasteiger partial charge in [-0.3, -0.25) is 0 Å². The number of hydrogen-bond donors (Lipinski definition) is 0. The molecule has 0 bridgehead atoms. The summed E-state index contributed by atoms with van der Waals surface area (Å²) in [7, 11) is -4.45. The lowest BCUT2D eigenvalue weighted by Gasteiger charge is -2.23. The molecule has 18 heavy (non-hydrogen) atoms. The summed E-state index contributed by atoms with van der Waals surface area (Å²) in [6.07, 6.45) is 1.70. The Morgan fingerprint density at radius 1 is 1.22 bits per heavy atom. The van der Waals surface area contributed by atoms with Crippen LogP contribution in [-0.2, 0) is 4.29 Å². The molecule has 1 heterocycles. The lowest BCUT2D eigenvalue weighted by atomic mass is 10.2. The molecule has 1 aliphatic rings. The molecule has 0 saturated heterocycles. The number of rotatable bonds is 4. The van der Waals surface area contributed by atoms with Crippen LogP contribution in [0, 0.1) is 10.2 Å². The molecule has 4 nitrogen and oxygen atoms in total. The third kappa shape index (κ3) is 3.58. The average Bonchev–Trinajstić information content (AvgIpc) is 2.73. The van der Waals surface area contributed by atoms with Crippen LogP contribution >= 0.6 is 35.3 Å². The van der Waals surface area contributed by atoms with E-state index in [1.54, 1.807) is 11.7 Å². The SMILES string of the molecule is CSC1(O[Cl+3]([O-])([O-])[O-])SC=C(c2ccccc2)S1. The normalized spacial score (nSPS) is 24.1. The molecule has 0 amide bonds. The summed E-state index contributed by atoms with van der Waals surface area (Å²) >= 11 is 3.56. The van der Waals surface area contributed by atoms with Crippen LogP contribution in [0.2, 0.25) is 0 Å². The van der Waals surface area contributed by atoms with Crippen molar-refractivity contribution in [3.63, 3.8) is 0 Å². The highest BCUT2D eigenvalue weighted by atomic mass is 35.7. The quantitative estimate of drug-likeness (QED) is 0.739. The van der Waals surface area contributed by atoms with Crippen molar-refractivity contribution in [1.29, 1.82) is 0 Å². The Morgan fingerprint density at radius 2 is 1.89 bits per heavy atom. The predicted octanol–water partition coefficient (Wildman–Crippen LogP) is 0.353. The summed E-state index contributed by atoms with van der Waals surface area (Å²) in [5.41, 5.74) is 0.967. The first-order valence-electron chi connectivity index (χ1n) is 4.73. The molecule has 0 radical (unpaired) electrons. The van der Waals surface area contributed by atoms with E-state index in [4.69, 9.17) is 0 Å². The number of halogens is 1. The maximum atomic E-state index is 10.7. The zero-order valence-corrected chi connectivity index (χ0v) is 12.4. The van der Waals surface area contributed by atoms with Crippen molar-refractivity contribution in [2.75, 3.05) is 6.26 Å². The lowest BCUT2D eigenvalue weighted by Crippen LogP contribution is -2.63. The van der Waals surface area contributed by atoms with E-state index in [1.165, 1.54) is 35.3 Å². The summed E-state index contributed by atoms with van der Waals surface area (Å²) in [6, 6.07) is 9.52. The van der Waals surface area contributed by atoms with Crippen molar-refractivity contribution in [2.45, 2.75) is 3.60 Å². The summed E-state index contributed by atoms with van der Waals surface area (Å²) in [5.74, 6) is 0. The van der Waals surface area contributed by atoms with Crippen molar-refractivity contribution in [1.82, 2.24) is 0 Å². The fourth-order valence-electron chi connectivity index (χ4n) is 1.31. The molecule has 8 heteroatoms. The minimum atomic E-state index is -4.45. The van der Waals surface area contributed by atoms with Crippen molar-refractivity contribution >= 4 is 40.2 Å². The first-order valence-corrected chi connectivity index (χ1v) is 8.89. The lowest BCUT2D eigenvalue weighted by molar-refractivity contribution is -1.92. The van der Waals surface area contributed by atoms with Gasteiger partial charge in [-0.1, -0.05) is 65.6 Å². The first kappa shape index (κ1) is 14.5. The van der Waals surface area contributed by atoms with Gasteiger partial charge in [-0.25, -0.2) is 0 Å². The molecule has 0 fully saturated rings. The summed E-state index contributed by atoms with van der Waals surface area (Å²) in [6.45, 7) is 0. The Morgan fingerprint density at radius 3 is 2.44 bits per heavy atom. The van der Waals surface area contributed by atoms with Gasteiger partial charge in [0.05, 0.1) is 10.2 Å². The average molecular weight is 325 g/mol. The van der Waals surface area contributed by atoms with Crippen LogP contribution in [0.25, 0.3) is 4.91 Å². The maximum Gasteiger partial charge on any atom is 0.369 e. The van der Waals surface area contributed by atoms with Gasteiger partial charge >= 0.3 is 3.60 Å². The van der Waals surface area contributed by atoms with Crippen molar-refractivity contribution in [3.05, 3.63) is 41.3 Å². The number of thioether (sulfide) groups is 3. The van der Waals surface area contributed by atoms with Crippen LogP contribution in [0.15, 0.2) is 35.7 Å². The maximum absolute atomic E-state index is 10.7. The third-order valence-electron chi connectivity index (χ3n) is 2.04. The Hall–Kier alpha value is 0.140. The zero-order valence-electron chi connectivity index (χ0n) is 9.20. The molecular weight excluding hydrogens is 316 g/mol. The van der Waals surface area contributed by atoms with Crippen LogP contribution in [0.4, 0.5) is 0 Å². The second kappa shape index (κ2) is 5.64. The fraction of sp³-hybridized carbons (Fsp3) is 0.200. The zero-order chi connectivity index (χ0) is 13.2. The van der Waals surface area contributed by atoms with Gasteiger partial charge < -0.3 is 0 Å². The minimum absolute atomic E-state index is 0.883. The van der Waals surface area contributed by atoms with Crippen LogP contribution < -0.4 is 14.0 Å². The van der Waals surface area contributed by atoms with E-state index in [1.807, 2.05) is 30.3 Å². The molecule has 0 spiro atoms. The molecule has 0 aliphatic carbocycles. The van der Waals surface area contributed by atoms with E-state index in [-0.39, 0.29) is 0 Å². The van der Waals surface area contributed by atoms with E-state index >= 15 is 0 Å². The molecule has 0 aromatic heterocycles. The minimum Gasteiger partial charge on any atom is -0.183 e. The second-order valence-corrected chi connectivity index (χ2v) is 8.16. The highest BCUT2D eigenvalue weighted by Gasteiger charge is 2.51. The monoisotopic (exact) mass is 324 g/mol. The van der Waals surface area contributed by atoms with E-state index in [0.29, 0.717) is 0 Å². The molecule has 1 aliphatic heterocycles. The molecule has 1 aromatic rings. The largest absolute Gasteiger partial charge is 0.369 e. The van der Waals surface area contributed by atoms with Gasteiger partial charge in [-0.2, -0.15) is 14.0 Å². The standard InChI is InChI=1S/C10H9ClO4S3/c1-16-10(15-11(12,13)14)17-7-9(18-10)8-5-3-2-4-6-8/h2-7H,1H3. The van der Waals surface area contributed by atoms with Crippen molar-refractivity contribution < 1.29 is 28.5 Å². The smallest absolute Gasteiger partial charge is 0.183 e. The van der Waals surface area contributed by atoms with Crippen molar-refractivity contribution in [2.24, 2.45) is 0 Å². The van der Waals surface area contributed by atoms with Crippen LogP contribution in [0.3, 0.4) is 0 Å². The molecule has 98 valence electrons. The molecule has 2 rings (SSSR count). The van der Waals surface area contributed by atoms with E-state index in [9.17, 15) is 14.0 Å². The van der Waals surface area contributed by atoms with Gasteiger partial charge in [0.25, 0.3) is 0 Å². The number of hydrogen-bond acceptors (Lipinski definition) is 7. The highest BCUT2D eigenvalue weighted by Crippen LogP contribution is 2.59. The Labute approximate surface area is 120 Å². The Kier molecular flexibility index (Phi) is 4.56. The second-order valence-electron chi connectivity index (χ2n) is 3.23. The van der Waals surface area contributed by atoms with Gasteiger partial charge in [0.2, 0.25) is 0 Å². The predicted molar refractivity (Wildman–Crippen MR) is 66.9 cm³/mol. The molecule has 0 N–H and O–H groups in total. The summed E-state index contributed by atoms with van der Waals surface area (Å²) in [4.78, 5) is 0.883. The number of benzene rings is 1. The van der Waals surface area contributed by atoms with Crippen LogP contribution in [0.1, 0.15) is 5.56 Å². The Balaban J connectivity index is 2.13. The Bertz CT molecular complexity index is 448. The van der Waals surface area contributed by atoms with E-state index < -0.39 is 13.8 Å². The first-order chi connectivity index (χ1) is 8.44. The topological polar surface area (TPSA) is 78.4 Å².